The predicted octanol–water partition coefficient (Wildman–Crippen LogP) is 11.9. The van der Waals surface area contributed by atoms with E-state index in [-0.39, 0.29) is 16.6 Å². The molecule has 0 saturated heterocycles. The summed E-state index contributed by atoms with van der Waals surface area (Å²) < 4.78 is 2.20. The Morgan fingerprint density at radius 2 is 1.25 bits per heavy atom. The van der Waals surface area contributed by atoms with Crippen LogP contribution in [0, 0.1) is 0 Å². The van der Waals surface area contributed by atoms with Gasteiger partial charge >= 0.3 is 0 Å². The molecule has 5 aromatic carbocycles. The normalized spacial score (nSPS) is 12.4. The molecule has 0 unspecified atom stereocenters. The Morgan fingerprint density at radius 3 is 1.87 bits per heavy atom. The highest BCUT2D eigenvalue weighted by molar-refractivity contribution is 6.88. The largest absolute Gasteiger partial charge is 0.507 e. The average molecular weight is 700 g/mol. The number of aromatic hydroxyl groups is 1. The summed E-state index contributed by atoms with van der Waals surface area (Å²) >= 11 is 0. The number of aromatic nitrogens is 3. The molecule has 2 heterocycles. The van der Waals surface area contributed by atoms with Gasteiger partial charge < -0.3 is 5.11 Å². The highest BCUT2D eigenvalue weighted by Gasteiger charge is 2.28. The zero-order chi connectivity index (χ0) is 37.0. The lowest BCUT2D eigenvalue weighted by Gasteiger charge is -2.27. The number of pyridine rings is 1. The summed E-state index contributed by atoms with van der Waals surface area (Å²) in [6.45, 7) is 20.2. The van der Waals surface area contributed by atoms with E-state index in [0.29, 0.717) is 5.82 Å². The van der Waals surface area contributed by atoms with Crippen LogP contribution >= 0.6 is 0 Å². The number of nitrogens with zero attached hydrogens (tertiary/aromatic N) is 3. The molecule has 0 aliphatic heterocycles. The molecule has 0 spiro atoms. The number of hydrogen-bond donors (Lipinski definition) is 1. The third-order valence-corrected chi connectivity index (χ3v) is 12.0. The Labute approximate surface area is 309 Å². The zero-order valence-corrected chi connectivity index (χ0v) is 32.9. The molecule has 0 bridgehead atoms. The first-order chi connectivity index (χ1) is 24.6. The molecular weight excluding hydrogens is 651 g/mol. The number of phenolic OH excluding ortho intramolecular Hbond substituents is 1. The maximum atomic E-state index is 12.1. The summed E-state index contributed by atoms with van der Waals surface area (Å²) in [5.41, 5.74) is 11.6. The second kappa shape index (κ2) is 13.1. The van der Waals surface area contributed by atoms with Gasteiger partial charge in [0, 0.05) is 28.6 Å². The molecule has 7 aromatic rings. The number of fused-ring (bicyclic) bond motifs is 1. The van der Waals surface area contributed by atoms with Crippen molar-refractivity contribution in [2.45, 2.75) is 72.0 Å². The van der Waals surface area contributed by atoms with Crippen LogP contribution in [-0.2, 0) is 10.8 Å². The monoisotopic (exact) mass is 699 g/mol. The highest BCUT2D eigenvalue weighted by atomic mass is 28.3. The van der Waals surface area contributed by atoms with Gasteiger partial charge in [0.1, 0.15) is 11.6 Å². The molecule has 262 valence electrons. The van der Waals surface area contributed by atoms with E-state index in [9.17, 15) is 5.11 Å². The van der Waals surface area contributed by atoms with Gasteiger partial charge in [-0.15, -0.1) is 0 Å². The van der Waals surface area contributed by atoms with Crippen molar-refractivity contribution < 1.29 is 5.11 Å². The van der Waals surface area contributed by atoms with E-state index in [1.54, 1.807) is 0 Å². The quantitative estimate of drug-likeness (QED) is 0.176. The lowest BCUT2D eigenvalue weighted by atomic mass is 9.79. The third-order valence-electron chi connectivity index (χ3n) is 10.0. The van der Waals surface area contributed by atoms with Crippen molar-refractivity contribution in [1.29, 1.82) is 0 Å². The number of rotatable bonds is 6. The van der Waals surface area contributed by atoms with Gasteiger partial charge in [0.2, 0.25) is 0 Å². The molecule has 0 atom stereocenters. The van der Waals surface area contributed by atoms with E-state index < -0.39 is 8.07 Å². The van der Waals surface area contributed by atoms with Crippen LogP contribution in [0.15, 0.2) is 128 Å². The summed E-state index contributed by atoms with van der Waals surface area (Å²) in [6.07, 6.45) is 2.06. The molecule has 0 saturated carbocycles. The van der Waals surface area contributed by atoms with Gasteiger partial charge in [0.25, 0.3) is 0 Å². The van der Waals surface area contributed by atoms with Crippen LogP contribution in [0.3, 0.4) is 0 Å². The summed E-state index contributed by atoms with van der Waals surface area (Å²) in [5.74, 6) is 0.988. The standard InChI is InChI=1S/C47H49N3OSi/c1-46(2,3)35-28-39(44(51)40(29-35)47(4,5)6)45-49-43-38(21-16-22-42(43)50(45)36-19-14-11-15-20-36)33-25-32(31-17-12-10-13-18-31)26-34(27-33)41-24-23-37(30-48-41)52(7,8)9/h10-30,51H,1-9H3. The average Bonchev–Trinajstić information content (AvgIpc) is 3.50. The predicted molar refractivity (Wildman–Crippen MR) is 223 cm³/mol. The van der Waals surface area contributed by atoms with Crippen LogP contribution in [0.25, 0.3) is 61.6 Å². The molecule has 7 rings (SSSR count). The van der Waals surface area contributed by atoms with E-state index >= 15 is 0 Å². The Bertz CT molecular complexity index is 2390. The topological polar surface area (TPSA) is 50.9 Å². The van der Waals surface area contributed by atoms with Gasteiger partial charge in [-0.1, -0.05) is 134 Å². The van der Waals surface area contributed by atoms with E-state index in [0.717, 1.165) is 66.9 Å². The van der Waals surface area contributed by atoms with Crippen LogP contribution in [-0.4, -0.2) is 27.7 Å². The minimum absolute atomic E-state index is 0.132. The second-order valence-electron chi connectivity index (χ2n) is 17.0. The van der Waals surface area contributed by atoms with Crippen LogP contribution in [0.4, 0.5) is 0 Å². The first kappa shape index (κ1) is 35.2. The molecule has 52 heavy (non-hydrogen) atoms. The van der Waals surface area contributed by atoms with Crippen LogP contribution in [0.5, 0.6) is 5.75 Å². The Hall–Kier alpha value is -5.26. The van der Waals surface area contributed by atoms with Crippen molar-refractivity contribution in [3.05, 3.63) is 139 Å². The summed E-state index contributed by atoms with van der Waals surface area (Å²) in [4.78, 5) is 10.5. The summed E-state index contributed by atoms with van der Waals surface area (Å²) in [5, 5.41) is 13.4. The number of imidazole rings is 1. The van der Waals surface area contributed by atoms with Crippen molar-refractivity contribution >= 4 is 24.3 Å². The van der Waals surface area contributed by atoms with E-state index in [1.165, 1.54) is 5.19 Å². The molecule has 2 aromatic heterocycles. The minimum Gasteiger partial charge on any atom is -0.507 e. The van der Waals surface area contributed by atoms with Crippen LogP contribution < -0.4 is 5.19 Å². The molecule has 0 aliphatic rings. The molecule has 1 N–H and O–H groups in total. The van der Waals surface area contributed by atoms with Crippen LogP contribution in [0.1, 0.15) is 52.7 Å². The Balaban J connectivity index is 1.52. The number of hydrogen-bond acceptors (Lipinski definition) is 3. The third kappa shape index (κ3) is 6.73. The Morgan fingerprint density at radius 1 is 0.596 bits per heavy atom. The number of para-hydroxylation sites is 2. The Kier molecular flexibility index (Phi) is 8.83. The van der Waals surface area contributed by atoms with Gasteiger partial charge in [0.15, 0.2) is 0 Å². The SMILES string of the molecule is CC(C)(C)c1cc(-c2nc3c(-c4cc(-c5ccccc5)cc(-c5ccc([Si](C)(C)C)cn5)c4)cccc3n2-c2ccccc2)c(O)c(C(C)(C)C)c1. The fraction of sp³-hybridized carbons (Fsp3) is 0.234. The van der Waals surface area contributed by atoms with E-state index in [2.05, 4.69) is 187 Å². The van der Waals surface area contributed by atoms with Gasteiger partial charge in [-0.2, -0.15) is 0 Å². The van der Waals surface area contributed by atoms with Gasteiger partial charge in [-0.05, 0) is 86.8 Å². The maximum absolute atomic E-state index is 12.1. The molecule has 0 radical (unpaired) electrons. The molecule has 5 heteroatoms. The smallest absolute Gasteiger partial charge is 0.149 e. The number of phenols is 1. The molecule has 0 amide bonds. The summed E-state index contributed by atoms with van der Waals surface area (Å²) in [7, 11) is -1.50. The molecule has 0 fully saturated rings. The van der Waals surface area contributed by atoms with Gasteiger partial charge in [-0.25, -0.2) is 4.98 Å². The van der Waals surface area contributed by atoms with Crippen molar-refractivity contribution in [2.24, 2.45) is 0 Å². The van der Waals surface area contributed by atoms with Gasteiger partial charge in [0.05, 0.1) is 30.4 Å². The first-order valence-electron chi connectivity index (χ1n) is 18.2. The fourth-order valence-electron chi connectivity index (χ4n) is 6.90. The van der Waals surface area contributed by atoms with Crippen molar-refractivity contribution in [1.82, 2.24) is 14.5 Å². The second-order valence-corrected chi connectivity index (χ2v) is 22.1. The van der Waals surface area contributed by atoms with Gasteiger partial charge in [-0.3, -0.25) is 9.55 Å². The summed E-state index contributed by atoms with van der Waals surface area (Å²) in [6, 6.07) is 42.8. The zero-order valence-electron chi connectivity index (χ0n) is 31.9. The molecule has 4 nitrogen and oxygen atoms in total. The number of benzene rings is 5. The van der Waals surface area contributed by atoms with Crippen LogP contribution in [0.2, 0.25) is 19.6 Å². The molecular formula is C47H49N3OSi. The van der Waals surface area contributed by atoms with Crippen molar-refractivity contribution in [3.8, 4) is 56.3 Å². The minimum atomic E-state index is -1.50. The van der Waals surface area contributed by atoms with Crippen molar-refractivity contribution in [3.63, 3.8) is 0 Å². The maximum Gasteiger partial charge on any atom is 0.149 e. The van der Waals surface area contributed by atoms with Crippen molar-refractivity contribution in [2.75, 3.05) is 0 Å². The van der Waals surface area contributed by atoms with E-state index in [1.807, 2.05) is 6.07 Å². The fourth-order valence-corrected chi connectivity index (χ4v) is 7.93. The van der Waals surface area contributed by atoms with E-state index in [4.69, 9.17) is 9.97 Å². The highest BCUT2D eigenvalue weighted by Crippen LogP contribution is 2.44. The molecule has 0 aliphatic carbocycles. The lowest BCUT2D eigenvalue weighted by Crippen LogP contribution is -2.37. The first-order valence-corrected chi connectivity index (χ1v) is 21.7. The lowest BCUT2D eigenvalue weighted by molar-refractivity contribution is 0.446.